The Bertz CT molecular complexity index is 746. The van der Waals surface area contributed by atoms with Crippen molar-refractivity contribution in [3.05, 3.63) is 59.9 Å². The van der Waals surface area contributed by atoms with Gasteiger partial charge in [-0.2, -0.15) is 4.31 Å². The molecule has 0 fully saturated rings. The molecule has 2 rings (SSSR count). The van der Waals surface area contributed by atoms with Crippen LogP contribution >= 0.6 is 0 Å². The highest BCUT2D eigenvalue weighted by Gasteiger charge is 2.27. The molecule has 0 aliphatic carbocycles. The van der Waals surface area contributed by atoms with E-state index in [0.29, 0.717) is 5.56 Å². The van der Waals surface area contributed by atoms with Crippen LogP contribution in [0.25, 0.3) is 0 Å². The predicted octanol–water partition coefficient (Wildman–Crippen LogP) is 2.91. The van der Waals surface area contributed by atoms with Gasteiger partial charge in [0.05, 0.1) is 10.9 Å². The van der Waals surface area contributed by atoms with E-state index in [4.69, 9.17) is 0 Å². The molecule has 0 saturated heterocycles. The Morgan fingerprint density at radius 3 is 2.43 bits per heavy atom. The lowest BCUT2D eigenvalue weighted by Crippen LogP contribution is -2.29. The molecule has 0 amide bonds. The number of sulfonamides is 1. The molecule has 1 N–H and O–H groups in total. The van der Waals surface area contributed by atoms with Crippen LogP contribution in [0.5, 0.6) is 5.75 Å². The van der Waals surface area contributed by atoms with Crippen molar-refractivity contribution < 1.29 is 17.9 Å². The van der Waals surface area contributed by atoms with Crippen LogP contribution in [0, 0.1) is 5.82 Å². The van der Waals surface area contributed by atoms with Crippen LogP contribution in [0.15, 0.2) is 53.4 Å². The molecule has 4 nitrogen and oxygen atoms in total. The van der Waals surface area contributed by atoms with Crippen LogP contribution < -0.4 is 0 Å². The first-order valence-electron chi connectivity index (χ1n) is 6.35. The average molecular weight is 309 g/mol. The number of halogens is 1. The maximum Gasteiger partial charge on any atom is 0.243 e. The molecule has 21 heavy (non-hydrogen) atoms. The van der Waals surface area contributed by atoms with E-state index in [9.17, 15) is 17.9 Å². The number of phenols is 1. The summed E-state index contributed by atoms with van der Waals surface area (Å²) in [5.41, 5.74) is 0.486. The summed E-state index contributed by atoms with van der Waals surface area (Å²) in [7, 11) is -2.44. The van der Waals surface area contributed by atoms with Gasteiger partial charge in [-0.1, -0.05) is 24.3 Å². The minimum Gasteiger partial charge on any atom is -0.508 e. The van der Waals surface area contributed by atoms with Gasteiger partial charge in [-0.15, -0.1) is 0 Å². The highest BCUT2D eigenvalue weighted by Crippen LogP contribution is 2.30. The van der Waals surface area contributed by atoms with Crippen molar-refractivity contribution in [1.29, 1.82) is 0 Å². The van der Waals surface area contributed by atoms with Gasteiger partial charge in [0, 0.05) is 12.6 Å². The Morgan fingerprint density at radius 2 is 1.81 bits per heavy atom. The molecule has 0 radical (unpaired) electrons. The molecule has 0 aliphatic heterocycles. The van der Waals surface area contributed by atoms with Gasteiger partial charge in [0.15, 0.2) is 0 Å². The lowest BCUT2D eigenvalue weighted by atomic mass is 10.1. The SMILES string of the molecule is CC(c1ccccc1O)N(C)S(=O)(=O)c1cccc(F)c1. The number of phenolic OH excluding ortho intramolecular Hbond substituents is 1. The summed E-state index contributed by atoms with van der Waals surface area (Å²) in [6.07, 6.45) is 0. The lowest BCUT2D eigenvalue weighted by Gasteiger charge is -2.25. The highest BCUT2D eigenvalue weighted by atomic mass is 32.2. The molecule has 6 heteroatoms. The third-order valence-corrected chi connectivity index (χ3v) is 5.33. The summed E-state index contributed by atoms with van der Waals surface area (Å²) in [4.78, 5) is -0.118. The number of rotatable bonds is 4. The van der Waals surface area contributed by atoms with Gasteiger partial charge < -0.3 is 5.11 Å². The van der Waals surface area contributed by atoms with E-state index in [1.807, 2.05) is 0 Å². The summed E-state index contributed by atoms with van der Waals surface area (Å²) in [5, 5.41) is 9.83. The van der Waals surface area contributed by atoms with E-state index in [1.54, 1.807) is 25.1 Å². The van der Waals surface area contributed by atoms with Crippen LogP contribution in [0.2, 0.25) is 0 Å². The second kappa shape index (κ2) is 5.83. The second-order valence-electron chi connectivity index (χ2n) is 4.71. The molecule has 0 bridgehead atoms. The summed E-state index contributed by atoms with van der Waals surface area (Å²) >= 11 is 0. The number of hydrogen-bond acceptors (Lipinski definition) is 3. The number of nitrogens with zero attached hydrogens (tertiary/aromatic N) is 1. The number of aromatic hydroxyl groups is 1. The average Bonchev–Trinajstić information content (AvgIpc) is 2.46. The summed E-state index contributed by atoms with van der Waals surface area (Å²) < 4.78 is 39.3. The molecule has 0 aromatic heterocycles. The van der Waals surface area contributed by atoms with E-state index < -0.39 is 21.9 Å². The largest absolute Gasteiger partial charge is 0.508 e. The van der Waals surface area contributed by atoms with Crippen molar-refractivity contribution in [1.82, 2.24) is 4.31 Å². The summed E-state index contributed by atoms with van der Waals surface area (Å²) in [5.74, 6) is -0.592. The monoisotopic (exact) mass is 309 g/mol. The molecule has 112 valence electrons. The van der Waals surface area contributed by atoms with Gasteiger partial charge >= 0.3 is 0 Å². The predicted molar refractivity (Wildman–Crippen MR) is 77.9 cm³/mol. The first-order chi connectivity index (χ1) is 9.84. The summed E-state index contributed by atoms with van der Waals surface area (Å²) in [6, 6.07) is 10.8. The second-order valence-corrected chi connectivity index (χ2v) is 6.71. The Labute approximate surface area is 123 Å². The number of benzene rings is 2. The molecule has 0 saturated carbocycles. The Morgan fingerprint density at radius 1 is 1.14 bits per heavy atom. The fourth-order valence-corrected chi connectivity index (χ4v) is 3.41. The standard InChI is InChI=1S/C15H16FNO3S/c1-11(14-8-3-4-9-15(14)18)17(2)21(19,20)13-7-5-6-12(16)10-13/h3-11,18H,1-2H3. The smallest absolute Gasteiger partial charge is 0.243 e. The topological polar surface area (TPSA) is 57.6 Å². The van der Waals surface area contributed by atoms with Gasteiger partial charge in [0.2, 0.25) is 10.0 Å². The van der Waals surface area contributed by atoms with Crippen molar-refractivity contribution in [3.8, 4) is 5.75 Å². The first kappa shape index (κ1) is 15.5. The third kappa shape index (κ3) is 3.06. The fourth-order valence-electron chi connectivity index (χ4n) is 2.04. The lowest BCUT2D eigenvalue weighted by molar-refractivity contribution is 0.380. The van der Waals surface area contributed by atoms with Gasteiger partial charge in [-0.05, 0) is 31.2 Å². The Balaban J connectivity index is 2.39. The Hall–Kier alpha value is -1.92. The summed E-state index contributed by atoms with van der Waals surface area (Å²) in [6.45, 7) is 1.66. The molecular formula is C15H16FNO3S. The number of para-hydroxylation sites is 1. The minimum atomic E-state index is -3.84. The van der Waals surface area contributed by atoms with Gasteiger partial charge in [0.1, 0.15) is 11.6 Å². The highest BCUT2D eigenvalue weighted by molar-refractivity contribution is 7.89. The molecule has 2 aromatic carbocycles. The molecular weight excluding hydrogens is 293 g/mol. The molecule has 0 heterocycles. The van der Waals surface area contributed by atoms with Crippen molar-refractivity contribution in [2.45, 2.75) is 17.9 Å². The van der Waals surface area contributed by atoms with Crippen molar-refractivity contribution in [2.24, 2.45) is 0 Å². The third-order valence-electron chi connectivity index (χ3n) is 3.41. The quantitative estimate of drug-likeness (QED) is 0.944. The minimum absolute atomic E-state index is 0.0197. The van der Waals surface area contributed by atoms with Crippen LogP contribution in [0.4, 0.5) is 4.39 Å². The van der Waals surface area contributed by atoms with E-state index in [2.05, 4.69) is 0 Å². The van der Waals surface area contributed by atoms with Crippen LogP contribution in [-0.2, 0) is 10.0 Å². The molecule has 2 aromatic rings. The normalized spacial score (nSPS) is 13.3. The van der Waals surface area contributed by atoms with Crippen LogP contribution in [0.3, 0.4) is 0 Å². The maximum atomic E-state index is 13.2. The van der Waals surface area contributed by atoms with Crippen molar-refractivity contribution in [2.75, 3.05) is 7.05 Å². The fraction of sp³-hybridized carbons (Fsp3) is 0.200. The van der Waals surface area contributed by atoms with E-state index in [-0.39, 0.29) is 10.6 Å². The zero-order valence-corrected chi connectivity index (χ0v) is 12.5. The zero-order valence-electron chi connectivity index (χ0n) is 11.7. The van der Waals surface area contributed by atoms with E-state index in [0.717, 1.165) is 10.4 Å². The van der Waals surface area contributed by atoms with Crippen molar-refractivity contribution in [3.63, 3.8) is 0 Å². The van der Waals surface area contributed by atoms with E-state index >= 15 is 0 Å². The molecule has 0 spiro atoms. The van der Waals surface area contributed by atoms with Gasteiger partial charge in [-0.3, -0.25) is 0 Å². The van der Waals surface area contributed by atoms with Crippen molar-refractivity contribution >= 4 is 10.0 Å². The molecule has 0 aliphatic rings. The van der Waals surface area contributed by atoms with E-state index in [1.165, 1.54) is 31.3 Å². The Kier molecular flexibility index (Phi) is 4.29. The van der Waals surface area contributed by atoms with Crippen LogP contribution in [-0.4, -0.2) is 24.9 Å². The maximum absolute atomic E-state index is 13.2. The van der Waals surface area contributed by atoms with Crippen LogP contribution in [0.1, 0.15) is 18.5 Å². The molecule has 1 unspecified atom stereocenters. The molecule has 1 atom stereocenters. The van der Waals surface area contributed by atoms with Gasteiger partial charge in [0.25, 0.3) is 0 Å². The van der Waals surface area contributed by atoms with Gasteiger partial charge in [-0.25, -0.2) is 12.8 Å². The first-order valence-corrected chi connectivity index (χ1v) is 7.79. The number of hydrogen-bond donors (Lipinski definition) is 1. The zero-order chi connectivity index (χ0) is 15.6.